The second kappa shape index (κ2) is 5.29. The molecule has 2 aliphatic rings. The largest absolute Gasteiger partial charge is 0.476 e. The van der Waals surface area contributed by atoms with Crippen molar-refractivity contribution < 1.29 is 27.8 Å². The molecular formula is C11H14N2O6S2. The Labute approximate surface area is 125 Å². The number of rotatable bonds is 3. The van der Waals surface area contributed by atoms with E-state index in [9.17, 15) is 13.2 Å². The van der Waals surface area contributed by atoms with Gasteiger partial charge in [0.25, 0.3) is 10.0 Å². The van der Waals surface area contributed by atoms with Crippen LogP contribution in [0, 0.1) is 0 Å². The fraction of sp³-hybridized carbons (Fsp3) is 0.636. The molecule has 2 aliphatic heterocycles. The first-order valence-corrected chi connectivity index (χ1v) is 8.71. The number of carboxylic acids is 1. The van der Waals surface area contributed by atoms with Crippen molar-refractivity contribution in [2.24, 2.45) is 0 Å². The number of aromatic carboxylic acids is 1. The van der Waals surface area contributed by atoms with Gasteiger partial charge in [0.1, 0.15) is 0 Å². The van der Waals surface area contributed by atoms with Gasteiger partial charge in [-0.25, -0.2) is 18.2 Å². The molecule has 0 bridgehead atoms. The summed E-state index contributed by atoms with van der Waals surface area (Å²) in [6, 6.07) is 0. The van der Waals surface area contributed by atoms with Crippen LogP contribution in [0.15, 0.2) is 9.72 Å². The minimum Gasteiger partial charge on any atom is -0.476 e. The van der Waals surface area contributed by atoms with Crippen LogP contribution < -0.4 is 0 Å². The lowest BCUT2D eigenvalue weighted by Gasteiger charge is -2.36. The van der Waals surface area contributed by atoms with Gasteiger partial charge in [-0.1, -0.05) is 0 Å². The third kappa shape index (κ3) is 2.57. The maximum atomic E-state index is 12.5. The zero-order valence-corrected chi connectivity index (χ0v) is 12.7. The van der Waals surface area contributed by atoms with Gasteiger partial charge in [0.15, 0.2) is 15.7 Å². The Kier molecular flexibility index (Phi) is 3.74. The molecule has 10 heteroatoms. The third-order valence-electron chi connectivity index (χ3n) is 3.61. The molecule has 2 fully saturated rings. The monoisotopic (exact) mass is 334 g/mol. The van der Waals surface area contributed by atoms with Crippen LogP contribution in [0.2, 0.25) is 0 Å². The van der Waals surface area contributed by atoms with E-state index in [0.717, 1.165) is 11.3 Å². The van der Waals surface area contributed by atoms with E-state index in [4.69, 9.17) is 14.6 Å². The molecule has 1 N–H and O–H groups in total. The molecule has 1 aromatic heterocycles. The number of ether oxygens (including phenoxy) is 2. The second-order valence-electron chi connectivity index (χ2n) is 4.81. The molecule has 1 spiro atoms. The van der Waals surface area contributed by atoms with Gasteiger partial charge < -0.3 is 14.6 Å². The number of hydrogen-bond acceptors (Lipinski definition) is 7. The molecule has 3 heterocycles. The van der Waals surface area contributed by atoms with Gasteiger partial charge in [-0.05, 0) is 0 Å². The van der Waals surface area contributed by atoms with E-state index in [-0.39, 0.29) is 17.3 Å². The number of piperidine rings is 1. The molecule has 2 saturated heterocycles. The highest BCUT2D eigenvalue weighted by atomic mass is 32.2. The summed E-state index contributed by atoms with van der Waals surface area (Å²) in [6.07, 6.45) is 0.876. The number of sulfonamides is 1. The van der Waals surface area contributed by atoms with Crippen molar-refractivity contribution >= 4 is 27.3 Å². The lowest BCUT2D eigenvalue weighted by Crippen LogP contribution is -2.47. The summed E-state index contributed by atoms with van der Waals surface area (Å²) in [4.78, 5) is 14.6. The fourth-order valence-corrected chi connectivity index (χ4v) is 5.25. The van der Waals surface area contributed by atoms with Crippen LogP contribution in [0.1, 0.15) is 23.3 Å². The first-order valence-electron chi connectivity index (χ1n) is 6.39. The molecule has 0 aliphatic carbocycles. The van der Waals surface area contributed by atoms with Crippen LogP contribution in [0.3, 0.4) is 0 Å². The molecule has 0 amide bonds. The molecule has 0 aromatic carbocycles. The molecule has 1 aromatic rings. The predicted molar refractivity (Wildman–Crippen MR) is 71.7 cm³/mol. The molecule has 3 rings (SSSR count). The van der Waals surface area contributed by atoms with E-state index in [1.165, 1.54) is 9.82 Å². The van der Waals surface area contributed by atoms with Gasteiger partial charge in [0.2, 0.25) is 0 Å². The van der Waals surface area contributed by atoms with Gasteiger partial charge in [-0.3, -0.25) is 0 Å². The van der Waals surface area contributed by atoms with Crippen LogP contribution >= 0.6 is 11.3 Å². The van der Waals surface area contributed by atoms with Crippen molar-refractivity contribution in [1.29, 1.82) is 0 Å². The Hall–Kier alpha value is -1.07. The van der Waals surface area contributed by atoms with E-state index in [2.05, 4.69) is 4.98 Å². The second-order valence-corrected chi connectivity index (χ2v) is 7.79. The lowest BCUT2D eigenvalue weighted by molar-refractivity contribution is -0.179. The highest BCUT2D eigenvalue weighted by Crippen LogP contribution is 2.34. The molecular weight excluding hydrogens is 320 g/mol. The fourth-order valence-electron chi connectivity index (χ4n) is 2.53. The van der Waals surface area contributed by atoms with Crippen molar-refractivity contribution in [2.45, 2.75) is 22.8 Å². The van der Waals surface area contributed by atoms with E-state index in [1.807, 2.05) is 0 Å². The standard InChI is InChI=1S/C11H14N2O6S2/c14-9(15)8-10(20-7-12-8)21(16,17)13-3-1-11(2-4-13)18-5-6-19-11/h7H,1-6H2,(H,14,15). The van der Waals surface area contributed by atoms with Gasteiger partial charge in [0.05, 0.1) is 18.7 Å². The van der Waals surface area contributed by atoms with Gasteiger partial charge >= 0.3 is 5.97 Å². The summed E-state index contributed by atoms with van der Waals surface area (Å²) >= 11 is 0.818. The maximum Gasteiger partial charge on any atom is 0.356 e. The molecule has 116 valence electrons. The molecule has 0 unspecified atom stereocenters. The topological polar surface area (TPSA) is 106 Å². The summed E-state index contributed by atoms with van der Waals surface area (Å²) < 4.78 is 37.2. The van der Waals surface area contributed by atoms with E-state index < -0.39 is 27.5 Å². The predicted octanol–water partition coefficient (Wildman–Crippen LogP) is 0.369. The van der Waals surface area contributed by atoms with Crippen molar-refractivity contribution in [3.8, 4) is 0 Å². The number of carbonyl (C=O) groups is 1. The summed E-state index contributed by atoms with van der Waals surface area (Å²) in [6.45, 7) is 1.51. The van der Waals surface area contributed by atoms with Crippen LogP contribution in [0.25, 0.3) is 0 Å². The number of aromatic nitrogens is 1. The Bertz CT molecular complexity index is 639. The third-order valence-corrected chi connectivity index (χ3v) is 6.86. The van der Waals surface area contributed by atoms with Crippen molar-refractivity contribution in [3.05, 3.63) is 11.2 Å². The zero-order chi connectivity index (χ0) is 15.1. The Balaban J connectivity index is 1.80. The smallest absolute Gasteiger partial charge is 0.356 e. The highest BCUT2D eigenvalue weighted by Gasteiger charge is 2.43. The van der Waals surface area contributed by atoms with Crippen LogP contribution in [-0.2, 0) is 19.5 Å². The van der Waals surface area contributed by atoms with E-state index in [1.54, 1.807) is 0 Å². The summed E-state index contributed by atoms with van der Waals surface area (Å²) in [7, 11) is -3.84. The van der Waals surface area contributed by atoms with Crippen molar-refractivity contribution in [1.82, 2.24) is 9.29 Å². The average molecular weight is 334 g/mol. The minimum atomic E-state index is -3.84. The molecule has 21 heavy (non-hydrogen) atoms. The molecule has 8 nitrogen and oxygen atoms in total. The van der Waals surface area contributed by atoms with Crippen molar-refractivity contribution in [3.63, 3.8) is 0 Å². The maximum absolute atomic E-state index is 12.5. The van der Waals surface area contributed by atoms with Crippen molar-refractivity contribution in [2.75, 3.05) is 26.3 Å². The Morgan fingerprint density at radius 3 is 2.52 bits per heavy atom. The normalized spacial score (nSPS) is 22.7. The first-order chi connectivity index (χ1) is 9.95. The number of nitrogens with zero attached hydrogens (tertiary/aromatic N) is 2. The lowest BCUT2D eigenvalue weighted by atomic mass is 10.1. The average Bonchev–Trinajstić information content (AvgIpc) is 3.09. The SMILES string of the molecule is O=C(O)c1ncsc1S(=O)(=O)N1CCC2(CC1)OCCO2. The van der Waals surface area contributed by atoms with E-state index >= 15 is 0 Å². The zero-order valence-electron chi connectivity index (χ0n) is 11.0. The molecule has 0 radical (unpaired) electrons. The summed E-state index contributed by atoms with van der Waals surface area (Å²) in [5.41, 5.74) is 0.805. The van der Waals surface area contributed by atoms with Crippen LogP contribution in [0.4, 0.5) is 0 Å². The Morgan fingerprint density at radius 1 is 1.33 bits per heavy atom. The number of thiazole rings is 1. The van der Waals surface area contributed by atoms with Gasteiger partial charge in [-0.15, -0.1) is 11.3 Å². The van der Waals surface area contributed by atoms with E-state index in [0.29, 0.717) is 26.1 Å². The van der Waals surface area contributed by atoms with Crippen LogP contribution in [0.5, 0.6) is 0 Å². The number of carboxylic acid groups (broad SMARTS) is 1. The molecule has 0 saturated carbocycles. The molecule has 0 atom stereocenters. The highest BCUT2D eigenvalue weighted by molar-refractivity contribution is 7.91. The van der Waals surface area contributed by atoms with Gasteiger partial charge in [0, 0.05) is 25.9 Å². The first kappa shape index (κ1) is 14.9. The van der Waals surface area contributed by atoms with Gasteiger partial charge in [-0.2, -0.15) is 4.31 Å². The Morgan fingerprint density at radius 2 is 1.95 bits per heavy atom. The minimum absolute atomic E-state index is 0.223. The number of hydrogen-bond donors (Lipinski definition) is 1. The van der Waals surface area contributed by atoms with Crippen LogP contribution in [-0.4, -0.2) is 60.9 Å². The summed E-state index contributed by atoms with van der Waals surface area (Å²) in [5.74, 6) is -2.01. The summed E-state index contributed by atoms with van der Waals surface area (Å²) in [5, 5.41) is 9.00. The quantitative estimate of drug-likeness (QED) is 0.851.